The van der Waals surface area contributed by atoms with Gasteiger partial charge in [0.1, 0.15) is 18.1 Å². The van der Waals surface area contributed by atoms with Crippen LogP contribution in [-0.4, -0.2) is 32.1 Å². The van der Waals surface area contributed by atoms with Crippen molar-refractivity contribution in [3.8, 4) is 5.88 Å². The Hall–Kier alpha value is -2.93. The standard InChI is InChI=1S/C21H20ClFN4O2/c1-13-4-3-5-20(24-13)29-12-18-16-11-27(9-8-19(16)26(2)25-18)21(28)15-10-14(22)6-7-17(15)23/h3-7,10H,8-9,11-12H2,1-2H3. The number of carbonyl (C=O) groups is 1. The molecular formula is C21H20ClFN4O2. The first-order valence-electron chi connectivity index (χ1n) is 9.27. The summed E-state index contributed by atoms with van der Waals surface area (Å²) in [7, 11) is 1.88. The monoisotopic (exact) mass is 414 g/mol. The summed E-state index contributed by atoms with van der Waals surface area (Å²) in [6, 6.07) is 9.58. The van der Waals surface area contributed by atoms with E-state index >= 15 is 0 Å². The lowest BCUT2D eigenvalue weighted by atomic mass is 10.0. The lowest BCUT2D eigenvalue weighted by molar-refractivity contribution is 0.0727. The Morgan fingerprint density at radius 3 is 2.93 bits per heavy atom. The molecule has 2 aromatic heterocycles. The first-order chi connectivity index (χ1) is 13.9. The van der Waals surface area contributed by atoms with Crippen LogP contribution in [-0.2, 0) is 26.6 Å². The number of aromatic nitrogens is 3. The third kappa shape index (κ3) is 3.96. The van der Waals surface area contributed by atoms with Gasteiger partial charge in [-0.15, -0.1) is 0 Å². The van der Waals surface area contributed by atoms with Crippen LogP contribution >= 0.6 is 11.6 Å². The summed E-state index contributed by atoms with van der Waals surface area (Å²) in [5.41, 5.74) is 3.57. The number of halogens is 2. The number of pyridine rings is 1. The maximum absolute atomic E-state index is 14.1. The minimum absolute atomic E-state index is 0.0217. The van der Waals surface area contributed by atoms with Gasteiger partial charge in [0.2, 0.25) is 5.88 Å². The number of amides is 1. The van der Waals surface area contributed by atoms with Gasteiger partial charge in [-0.3, -0.25) is 9.48 Å². The topological polar surface area (TPSA) is 60.2 Å². The number of hydrogen-bond acceptors (Lipinski definition) is 4. The largest absolute Gasteiger partial charge is 0.471 e. The molecule has 1 aromatic carbocycles. The normalized spacial score (nSPS) is 13.3. The fourth-order valence-electron chi connectivity index (χ4n) is 3.53. The lowest BCUT2D eigenvalue weighted by Crippen LogP contribution is -2.37. The molecule has 0 bridgehead atoms. The van der Waals surface area contributed by atoms with Crippen molar-refractivity contribution in [2.75, 3.05) is 6.54 Å². The highest BCUT2D eigenvalue weighted by atomic mass is 35.5. The summed E-state index contributed by atoms with van der Waals surface area (Å²) in [6.45, 7) is 2.96. The molecule has 0 unspecified atom stereocenters. The van der Waals surface area contributed by atoms with Gasteiger partial charge in [0, 0.05) is 54.6 Å². The Balaban J connectivity index is 1.55. The minimum Gasteiger partial charge on any atom is -0.471 e. The summed E-state index contributed by atoms with van der Waals surface area (Å²) >= 11 is 5.95. The Kier molecular flexibility index (Phi) is 5.24. The van der Waals surface area contributed by atoms with Crippen LogP contribution in [0, 0.1) is 12.7 Å². The fraction of sp³-hybridized carbons (Fsp3) is 0.286. The quantitative estimate of drug-likeness (QED) is 0.653. The molecule has 0 saturated heterocycles. The van der Waals surface area contributed by atoms with Gasteiger partial charge in [0.25, 0.3) is 5.91 Å². The van der Waals surface area contributed by atoms with E-state index in [9.17, 15) is 9.18 Å². The molecule has 3 aromatic rings. The number of nitrogens with zero attached hydrogens (tertiary/aromatic N) is 4. The highest BCUT2D eigenvalue weighted by molar-refractivity contribution is 6.31. The summed E-state index contributed by atoms with van der Waals surface area (Å²) < 4.78 is 21.8. The van der Waals surface area contributed by atoms with E-state index in [0.717, 1.165) is 22.6 Å². The van der Waals surface area contributed by atoms with E-state index < -0.39 is 5.82 Å². The van der Waals surface area contributed by atoms with Gasteiger partial charge in [-0.25, -0.2) is 9.37 Å². The third-order valence-corrected chi connectivity index (χ3v) is 5.23. The average Bonchev–Trinajstić information content (AvgIpc) is 3.03. The fourth-order valence-corrected chi connectivity index (χ4v) is 3.70. The zero-order valence-corrected chi connectivity index (χ0v) is 16.9. The molecule has 8 heteroatoms. The second kappa shape index (κ2) is 7.83. The van der Waals surface area contributed by atoms with Crippen LogP contribution in [0.1, 0.15) is 33.0 Å². The summed E-state index contributed by atoms with van der Waals surface area (Å²) in [5.74, 6) is -0.439. The van der Waals surface area contributed by atoms with Crippen LogP contribution in [0.2, 0.25) is 5.02 Å². The Morgan fingerprint density at radius 2 is 2.14 bits per heavy atom. The molecule has 0 fully saturated rings. The van der Waals surface area contributed by atoms with Crippen molar-refractivity contribution >= 4 is 17.5 Å². The first-order valence-corrected chi connectivity index (χ1v) is 9.64. The van der Waals surface area contributed by atoms with Crippen molar-refractivity contribution in [1.82, 2.24) is 19.7 Å². The number of aryl methyl sites for hydroxylation is 2. The van der Waals surface area contributed by atoms with E-state index in [0.29, 0.717) is 30.4 Å². The van der Waals surface area contributed by atoms with E-state index in [1.807, 2.05) is 30.8 Å². The van der Waals surface area contributed by atoms with Gasteiger partial charge < -0.3 is 9.64 Å². The highest BCUT2D eigenvalue weighted by Crippen LogP contribution is 2.26. The van der Waals surface area contributed by atoms with Crippen LogP contribution in [0.15, 0.2) is 36.4 Å². The van der Waals surface area contributed by atoms with E-state index in [4.69, 9.17) is 16.3 Å². The number of benzene rings is 1. The van der Waals surface area contributed by atoms with Crippen LogP contribution in [0.5, 0.6) is 5.88 Å². The van der Waals surface area contributed by atoms with E-state index in [1.165, 1.54) is 18.2 Å². The van der Waals surface area contributed by atoms with Crippen molar-refractivity contribution < 1.29 is 13.9 Å². The summed E-state index contributed by atoms with van der Waals surface area (Å²) in [5, 5.41) is 4.89. The molecule has 0 atom stereocenters. The van der Waals surface area contributed by atoms with Crippen molar-refractivity contribution in [3.05, 3.63) is 75.4 Å². The van der Waals surface area contributed by atoms with Gasteiger partial charge in [0.15, 0.2) is 0 Å². The summed E-state index contributed by atoms with van der Waals surface area (Å²) in [6.07, 6.45) is 0.634. The molecule has 29 heavy (non-hydrogen) atoms. The highest BCUT2D eigenvalue weighted by Gasteiger charge is 2.28. The van der Waals surface area contributed by atoms with E-state index in [2.05, 4.69) is 10.1 Å². The molecule has 0 N–H and O–H groups in total. The van der Waals surface area contributed by atoms with Crippen LogP contribution in [0.4, 0.5) is 4.39 Å². The zero-order chi connectivity index (χ0) is 20.5. The van der Waals surface area contributed by atoms with Gasteiger partial charge >= 0.3 is 0 Å². The van der Waals surface area contributed by atoms with Crippen molar-refractivity contribution in [2.24, 2.45) is 7.05 Å². The number of ether oxygens (including phenoxy) is 1. The molecule has 1 aliphatic rings. The molecule has 4 rings (SSSR count). The second-order valence-electron chi connectivity index (χ2n) is 7.00. The molecule has 0 spiro atoms. The average molecular weight is 415 g/mol. The smallest absolute Gasteiger partial charge is 0.257 e. The molecule has 0 radical (unpaired) electrons. The molecule has 6 nitrogen and oxygen atoms in total. The van der Waals surface area contributed by atoms with Crippen molar-refractivity contribution in [2.45, 2.75) is 26.5 Å². The number of hydrogen-bond donors (Lipinski definition) is 0. The SMILES string of the molecule is Cc1cccc(OCc2nn(C)c3c2CN(C(=O)c2cc(Cl)ccc2F)CC3)n1. The van der Waals surface area contributed by atoms with Crippen LogP contribution in [0.25, 0.3) is 0 Å². The van der Waals surface area contributed by atoms with Crippen LogP contribution < -0.4 is 4.74 Å². The molecular weight excluding hydrogens is 395 g/mol. The van der Waals surface area contributed by atoms with Gasteiger partial charge in [-0.2, -0.15) is 5.10 Å². The van der Waals surface area contributed by atoms with Crippen molar-refractivity contribution in [3.63, 3.8) is 0 Å². The predicted molar refractivity (Wildman–Crippen MR) is 106 cm³/mol. The van der Waals surface area contributed by atoms with Crippen molar-refractivity contribution in [1.29, 1.82) is 0 Å². The number of fused-ring (bicyclic) bond motifs is 1. The Labute approximate surface area is 172 Å². The molecule has 1 amide bonds. The van der Waals surface area contributed by atoms with Crippen LogP contribution in [0.3, 0.4) is 0 Å². The van der Waals surface area contributed by atoms with Gasteiger partial charge in [0.05, 0.1) is 5.56 Å². The zero-order valence-electron chi connectivity index (χ0n) is 16.2. The molecule has 3 heterocycles. The minimum atomic E-state index is -0.578. The molecule has 0 saturated carbocycles. The van der Waals surface area contributed by atoms with E-state index in [-0.39, 0.29) is 18.1 Å². The summed E-state index contributed by atoms with van der Waals surface area (Å²) in [4.78, 5) is 18.8. The van der Waals surface area contributed by atoms with Gasteiger partial charge in [-0.1, -0.05) is 17.7 Å². The molecule has 0 aliphatic carbocycles. The number of rotatable bonds is 4. The second-order valence-corrected chi connectivity index (χ2v) is 7.44. The number of carbonyl (C=O) groups excluding carboxylic acids is 1. The first kappa shape index (κ1) is 19.4. The maximum atomic E-state index is 14.1. The molecule has 150 valence electrons. The predicted octanol–water partition coefficient (Wildman–Crippen LogP) is 3.69. The lowest BCUT2D eigenvalue weighted by Gasteiger charge is -2.28. The molecule has 1 aliphatic heterocycles. The maximum Gasteiger partial charge on any atom is 0.257 e. The third-order valence-electron chi connectivity index (χ3n) is 4.99. The Bertz CT molecular complexity index is 1080. The Morgan fingerprint density at radius 1 is 1.31 bits per heavy atom. The van der Waals surface area contributed by atoms with E-state index in [1.54, 1.807) is 11.0 Å². The van der Waals surface area contributed by atoms with Gasteiger partial charge in [-0.05, 0) is 31.2 Å².